The van der Waals surface area contributed by atoms with E-state index in [1.54, 1.807) is 22.3 Å². The third-order valence-corrected chi connectivity index (χ3v) is 11.4. The Hall–Kier alpha value is -2.60. The molecule has 0 nitrogen and oxygen atoms in total. The fourth-order valence-electron chi connectivity index (χ4n) is 9.68. The van der Waals surface area contributed by atoms with Gasteiger partial charge in [-0.05, 0) is 146 Å². The molecule has 0 heteroatoms. The molecule has 2 aromatic carbocycles. The lowest BCUT2D eigenvalue weighted by Gasteiger charge is -2.30. The van der Waals surface area contributed by atoms with Crippen molar-refractivity contribution in [2.24, 2.45) is 23.7 Å². The molecule has 0 bridgehead atoms. The van der Waals surface area contributed by atoms with E-state index in [4.69, 9.17) is 0 Å². The smallest absolute Gasteiger partial charge is 0.0128 e. The Morgan fingerprint density at radius 3 is 1.42 bits per heavy atom. The number of hydrogen-bond acceptors (Lipinski definition) is 0. The molecule has 38 heavy (non-hydrogen) atoms. The van der Waals surface area contributed by atoms with Gasteiger partial charge in [0.1, 0.15) is 0 Å². The van der Waals surface area contributed by atoms with Crippen molar-refractivity contribution in [3.05, 3.63) is 106 Å². The topological polar surface area (TPSA) is 0 Å². The van der Waals surface area contributed by atoms with Crippen LogP contribution < -0.4 is 0 Å². The van der Waals surface area contributed by atoms with Crippen molar-refractivity contribution >= 4 is 0 Å². The Bertz CT molecular complexity index is 1260. The molecule has 6 aliphatic rings. The molecule has 6 unspecified atom stereocenters. The summed E-state index contributed by atoms with van der Waals surface area (Å²) < 4.78 is 0. The third-order valence-electron chi connectivity index (χ3n) is 11.4. The van der Waals surface area contributed by atoms with Gasteiger partial charge in [-0.2, -0.15) is 0 Å². The van der Waals surface area contributed by atoms with Crippen LogP contribution in [0, 0.1) is 23.7 Å². The van der Waals surface area contributed by atoms with Crippen molar-refractivity contribution < 1.29 is 0 Å². The zero-order chi connectivity index (χ0) is 25.1. The summed E-state index contributed by atoms with van der Waals surface area (Å²) in [6.07, 6.45) is 26.5. The van der Waals surface area contributed by atoms with Crippen molar-refractivity contribution in [3.63, 3.8) is 0 Å². The summed E-state index contributed by atoms with van der Waals surface area (Å²) in [6.45, 7) is 0. The molecule has 6 aliphatic carbocycles. The van der Waals surface area contributed by atoms with Gasteiger partial charge in [0.15, 0.2) is 0 Å². The molecule has 0 aromatic heterocycles. The molecule has 2 saturated carbocycles. The molecule has 194 valence electrons. The van der Waals surface area contributed by atoms with Crippen LogP contribution in [0.5, 0.6) is 0 Å². The number of fused-ring (bicyclic) bond motifs is 4. The maximum atomic E-state index is 2.59. The summed E-state index contributed by atoms with van der Waals surface area (Å²) in [5, 5.41) is 0. The Morgan fingerprint density at radius 2 is 0.921 bits per heavy atom. The summed E-state index contributed by atoms with van der Waals surface area (Å²) in [5.41, 5.74) is 13.4. The normalized spacial score (nSPS) is 33.7. The molecule has 6 atom stereocenters. The SMILES string of the molecule is C1=CC2CC(c3ccccc3-c3ccccc3C3CC4C=CC5=C(CCCC5)C4C3)CC2C2=C1CCCC2. The van der Waals surface area contributed by atoms with Crippen molar-refractivity contribution in [2.75, 3.05) is 0 Å². The Morgan fingerprint density at radius 1 is 0.474 bits per heavy atom. The molecule has 2 aromatic rings. The first-order chi connectivity index (χ1) is 18.8. The summed E-state index contributed by atoms with van der Waals surface area (Å²) in [5.74, 6) is 4.46. The number of hydrogen-bond donors (Lipinski definition) is 0. The van der Waals surface area contributed by atoms with Gasteiger partial charge in [0.25, 0.3) is 0 Å². The highest BCUT2D eigenvalue weighted by molar-refractivity contribution is 5.72. The summed E-state index contributed by atoms with van der Waals surface area (Å²) in [6, 6.07) is 19.0. The maximum Gasteiger partial charge on any atom is -0.0128 e. The Balaban J connectivity index is 1.11. The number of allylic oxidation sites excluding steroid dienone is 8. The van der Waals surface area contributed by atoms with Crippen LogP contribution in [0.4, 0.5) is 0 Å². The van der Waals surface area contributed by atoms with Gasteiger partial charge in [-0.15, -0.1) is 0 Å². The highest BCUT2D eigenvalue weighted by Crippen LogP contribution is 2.55. The van der Waals surface area contributed by atoms with Crippen LogP contribution in [0.3, 0.4) is 0 Å². The number of rotatable bonds is 3. The lowest BCUT2D eigenvalue weighted by molar-refractivity contribution is 0.473. The van der Waals surface area contributed by atoms with Gasteiger partial charge in [-0.3, -0.25) is 0 Å². The van der Waals surface area contributed by atoms with Crippen molar-refractivity contribution in [1.29, 1.82) is 0 Å². The van der Waals surface area contributed by atoms with Crippen LogP contribution in [0.15, 0.2) is 95.1 Å². The molecule has 0 spiro atoms. The van der Waals surface area contributed by atoms with E-state index in [2.05, 4.69) is 72.8 Å². The average molecular weight is 499 g/mol. The molecule has 2 fully saturated rings. The molecule has 0 aliphatic heterocycles. The molecule has 0 amide bonds. The zero-order valence-corrected chi connectivity index (χ0v) is 22.9. The lowest BCUT2D eigenvalue weighted by Crippen LogP contribution is -2.16. The summed E-state index contributed by atoms with van der Waals surface area (Å²) >= 11 is 0. The van der Waals surface area contributed by atoms with E-state index in [9.17, 15) is 0 Å². The average Bonchev–Trinajstić information content (AvgIpc) is 3.62. The van der Waals surface area contributed by atoms with Crippen LogP contribution in [0.2, 0.25) is 0 Å². The van der Waals surface area contributed by atoms with Crippen LogP contribution in [0.1, 0.15) is 100 Å². The first-order valence-corrected chi connectivity index (χ1v) is 15.8. The Kier molecular flexibility index (Phi) is 5.85. The predicted octanol–water partition coefficient (Wildman–Crippen LogP) is 10.5. The molecule has 8 rings (SSSR count). The second kappa shape index (κ2) is 9.55. The fourth-order valence-corrected chi connectivity index (χ4v) is 9.68. The summed E-state index contributed by atoms with van der Waals surface area (Å²) in [7, 11) is 0. The minimum absolute atomic E-state index is 0.678. The molecule has 0 radical (unpaired) electrons. The van der Waals surface area contributed by atoms with Gasteiger partial charge in [0.05, 0.1) is 0 Å². The quantitative estimate of drug-likeness (QED) is 0.395. The van der Waals surface area contributed by atoms with Gasteiger partial charge in [0, 0.05) is 0 Å². The van der Waals surface area contributed by atoms with E-state index in [0.717, 1.165) is 23.7 Å². The van der Waals surface area contributed by atoms with Gasteiger partial charge in [-0.1, -0.05) is 84.0 Å². The van der Waals surface area contributed by atoms with E-state index >= 15 is 0 Å². The maximum absolute atomic E-state index is 2.59. The monoisotopic (exact) mass is 498 g/mol. The van der Waals surface area contributed by atoms with Gasteiger partial charge < -0.3 is 0 Å². The highest BCUT2D eigenvalue weighted by atomic mass is 14.5. The van der Waals surface area contributed by atoms with Gasteiger partial charge in [0.2, 0.25) is 0 Å². The molecular weight excluding hydrogens is 456 g/mol. The standard InChI is InChI=1S/C38H42/c1-3-11-31-25(9-1)17-19-27-21-29(23-37(27)31)33-13-5-7-15-35(33)36-16-8-6-14-34(36)30-22-28-20-18-26-10-2-4-12-32(26)38(28)24-30/h5-8,13-20,27-30,37-38H,1-4,9-12,21-24H2. The minimum Gasteiger partial charge on any atom is -0.0805 e. The largest absolute Gasteiger partial charge is 0.0805 e. The van der Waals surface area contributed by atoms with E-state index in [-0.39, 0.29) is 0 Å². The van der Waals surface area contributed by atoms with Crippen molar-refractivity contribution in [2.45, 2.75) is 88.9 Å². The van der Waals surface area contributed by atoms with Gasteiger partial charge >= 0.3 is 0 Å². The Labute approximate surface area is 229 Å². The zero-order valence-electron chi connectivity index (χ0n) is 22.9. The molecule has 0 heterocycles. The highest BCUT2D eigenvalue weighted by Gasteiger charge is 2.41. The first-order valence-electron chi connectivity index (χ1n) is 15.8. The first kappa shape index (κ1) is 23.3. The van der Waals surface area contributed by atoms with E-state index in [1.165, 1.54) is 88.2 Å². The second-order valence-electron chi connectivity index (χ2n) is 13.3. The van der Waals surface area contributed by atoms with Crippen molar-refractivity contribution in [3.8, 4) is 11.1 Å². The fraction of sp³-hybridized carbons (Fsp3) is 0.474. The third kappa shape index (κ3) is 3.85. The van der Waals surface area contributed by atoms with Crippen molar-refractivity contribution in [1.82, 2.24) is 0 Å². The molecule has 0 N–H and O–H groups in total. The van der Waals surface area contributed by atoms with E-state index < -0.39 is 0 Å². The van der Waals surface area contributed by atoms with Crippen LogP contribution in [-0.4, -0.2) is 0 Å². The minimum atomic E-state index is 0.678. The number of benzene rings is 2. The van der Waals surface area contributed by atoms with Crippen LogP contribution >= 0.6 is 0 Å². The van der Waals surface area contributed by atoms with Gasteiger partial charge in [-0.25, -0.2) is 0 Å². The second-order valence-corrected chi connectivity index (χ2v) is 13.3. The predicted molar refractivity (Wildman–Crippen MR) is 159 cm³/mol. The van der Waals surface area contributed by atoms with Crippen LogP contribution in [-0.2, 0) is 0 Å². The molecule has 0 saturated heterocycles. The summed E-state index contributed by atoms with van der Waals surface area (Å²) in [4.78, 5) is 0. The molecular formula is C38H42. The van der Waals surface area contributed by atoms with E-state index in [0.29, 0.717) is 11.8 Å². The van der Waals surface area contributed by atoms with E-state index in [1.807, 2.05) is 11.1 Å². The lowest BCUT2D eigenvalue weighted by atomic mass is 9.75. The van der Waals surface area contributed by atoms with Crippen LogP contribution in [0.25, 0.3) is 11.1 Å².